The van der Waals surface area contributed by atoms with Crippen molar-refractivity contribution in [1.29, 1.82) is 0 Å². The van der Waals surface area contributed by atoms with Crippen LogP contribution in [-0.4, -0.2) is 51.7 Å². The Labute approximate surface area is 130 Å². The van der Waals surface area contributed by atoms with Crippen LogP contribution in [0.15, 0.2) is 0 Å². The Hall–Kier alpha value is -1.63. The third-order valence-electron chi connectivity index (χ3n) is 3.88. The van der Waals surface area contributed by atoms with Gasteiger partial charge in [0.15, 0.2) is 0 Å². The quantitative estimate of drug-likeness (QED) is 0.396. The van der Waals surface area contributed by atoms with Gasteiger partial charge in [0.1, 0.15) is 6.04 Å². The molecule has 1 fully saturated rings. The normalized spacial score (nSPS) is 19.4. The van der Waals surface area contributed by atoms with Crippen LogP contribution in [0.1, 0.15) is 58.3 Å². The minimum Gasteiger partial charge on any atom is -0.481 e. The number of aliphatic carboxylic acids is 1. The van der Waals surface area contributed by atoms with Gasteiger partial charge < -0.3 is 15.1 Å². The number of carboxylic acid groups (broad SMARTS) is 1. The predicted molar refractivity (Wildman–Crippen MR) is 80.3 cm³/mol. The van der Waals surface area contributed by atoms with Crippen LogP contribution in [0.4, 0.5) is 4.79 Å². The van der Waals surface area contributed by atoms with Crippen molar-refractivity contribution in [2.75, 3.05) is 6.54 Å². The van der Waals surface area contributed by atoms with Gasteiger partial charge in [0.2, 0.25) is 0 Å². The first-order valence-corrected chi connectivity index (χ1v) is 7.97. The molecule has 2 atom stereocenters. The van der Waals surface area contributed by atoms with Gasteiger partial charge in [0.05, 0.1) is 6.10 Å². The molecule has 3 amide bonds. The molecule has 0 aliphatic carbocycles. The average Bonchev–Trinajstić information content (AvgIpc) is 2.71. The highest BCUT2D eigenvalue weighted by atomic mass is 16.4. The van der Waals surface area contributed by atoms with E-state index in [1.165, 1.54) is 4.90 Å². The average molecular weight is 314 g/mol. The maximum atomic E-state index is 11.8. The number of aliphatic hydroxyl groups excluding tert-OH is 1. The molecule has 0 spiro atoms. The largest absolute Gasteiger partial charge is 0.481 e. The molecule has 0 bridgehead atoms. The number of carbonyl (C=O) groups is 3. The number of rotatable bonds is 11. The summed E-state index contributed by atoms with van der Waals surface area (Å²) in [6, 6.07) is -1.07. The van der Waals surface area contributed by atoms with Crippen molar-refractivity contribution in [3.05, 3.63) is 0 Å². The number of urea groups is 1. The molecule has 0 aromatic carbocycles. The predicted octanol–water partition coefficient (Wildman–Crippen LogP) is 1.49. The Morgan fingerprint density at radius 3 is 2.64 bits per heavy atom. The Kier molecular flexibility index (Phi) is 7.87. The second-order valence-corrected chi connectivity index (χ2v) is 5.73. The van der Waals surface area contributed by atoms with Crippen molar-refractivity contribution < 1.29 is 24.6 Å². The first-order chi connectivity index (χ1) is 10.5. The summed E-state index contributed by atoms with van der Waals surface area (Å²) in [5.74, 6) is -1.29. The summed E-state index contributed by atoms with van der Waals surface area (Å²) < 4.78 is 0. The molecule has 0 radical (unpaired) electrons. The Balaban J connectivity index is 2.41. The lowest BCUT2D eigenvalue weighted by molar-refractivity contribution is -0.137. The van der Waals surface area contributed by atoms with Crippen molar-refractivity contribution in [3.8, 4) is 0 Å². The lowest BCUT2D eigenvalue weighted by Crippen LogP contribution is -2.37. The van der Waals surface area contributed by atoms with E-state index in [0.717, 1.165) is 19.3 Å². The van der Waals surface area contributed by atoms with Gasteiger partial charge in [0, 0.05) is 13.0 Å². The fraction of sp³-hybridized carbons (Fsp3) is 0.800. The first-order valence-electron chi connectivity index (χ1n) is 7.97. The topological polar surface area (TPSA) is 107 Å². The van der Waals surface area contributed by atoms with Crippen molar-refractivity contribution >= 4 is 17.9 Å². The number of imide groups is 1. The van der Waals surface area contributed by atoms with Crippen LogP contribution in [0.25, 0.3) is 0 Å². The van der Waals surface area contributed by atoms with Gasteiger partial charge in [-0.25, -0.2) is 4.79 Å². The van der Waals surface area contributed by atoms with Crippen molar-refractivity contribution in [1.82, 2.24) is 10.2 Å². The van der Waals surface area contributed by atoms with Crippen LogP contribution < -0.4 is 5.32 Å². The van der Waals surface area contributed by atoms with E-state index in [9.17, 15) is 19.5 Å². The van der Waals surface area contributed by atoms with Crippen LogP contribution in [0.5, 0.6) is 0 Å². The fourth-order valence-electron chi connectivity index (χ4n) is 2.60. The molecule has 7 heteroatoms. The SMILES string of the molecule is CCCCCC(O)CCN1C(=O)NC(=O)C1CCCC(=O)O. The van der Waals surface area contributed by atoms with E-state index in [0.29, 0.717) is 32.2 Å². The molecule has 2 unspecified atom stereocenters. The van der Waals surface area contributed by atoms with E-state index in [-0.39, 0.29) is 12.3 Å². The Bertz CT molecular complexity index is 399. The van der Waals surface area contributed by atoms with Gasteiger partial charge in [-0.3, -0.25) is 14.9 Å². The molecule has 0 aromatic rings. The molecule has 22 heavy (non-hydrogen) atoms. The van der Waals surface area contributed by atoms with Gasteiger partial charge in [-0.2, -0.15) is 0 Å². The van der Waals surface area contributed by atoms with Crippen molar-refractivity contribution in [3.63, 3.8) is 0 Å². The number of hydrogen-bond donors (Lipinski definition) is 3. The highest BCUT2D eigenvalue weighted by Gasteiger charge is 2.37. The van der Waals surface area contributed by atoms with Gasteiger partial charge in [-0.15, -0.1) is 0 Å². The molecule has 1 rings (SSSR count). The second kappa shape index (κ2) is 9.40. The highest BCUT2D eigenvalue weighted by Crippen LogP contribution is 2.17. The van der Waals surface area contributed by atoms with Crippen LogP contribution in [-0.2, 0) is 9.59 Å². The lowest BCUT2D eigenvalue weighted by atomic mass is 10.1. The minimum absolute atomic E-state index is 0.0224. The maximum absolute atomic E-state index is 11.8. The molecule has 1 aliphatic heterocycles. The number of unbranched alkanes of at least 4 members (excludes halogenated alkanes) is 2. The smallest absolute Gasteiger partial charge is 0.324 e. The lowest BCUT2D eigenvalue weighted by Gasteiger charge is -2.22. The Morgan fingerprint density at radius 2 is 2.00 bits per heavy atom. The van der Waals surface area contributed by atoms with Gasteiger partial charge >= 0.3 is 12.0 Å². The zero-order chi connectivity index (χ0) is 16.5. The van der Waals surface area contributed by atoms with Crippen LogP contribution in [0.3, 0.4) is 0 Å². The van der Waals surface area contributed by atoms with Crippen LogP contribution in [0.2, 0.25) is 0 Å². The summed E-state index contributed by atoms with van der Waals surface area (Å²) in [6.07, 6.45) is 4.40. The van der Waals surface area contributed by atoms with E-state index in [4.69, 9.17) is 5.11 Å². The van der Waals surface area contributed by atoms with Crippen LogP contribution in [0, 0.1) is 0 Å². The summed E-state index contributed by atoms with van der Waals surface area (Å²) in [4.78, 5) is 35.4. The molecule has 1 saturated heterocycles. The summed E-state index contributed by atoms with van der Waals surface area (Å²) in [5, 5.41) is 20.8. The number of nitrogens with one attached hydrogen (secondary N) is 1. The standard InChI is InChI=1S/C15H26N2O5/c1-2-3-4-6-11(18)9-10-17-12(7-5-8-13(19)20)14(21)16-15(17)22/h11-12,18H,2-10H2,1H3,(H,19,20)(H,16,21,22). The highest BCUT2D eigenvalue weighted by molar-refractivity contribution is 6.04. The molecule has 3 N–H and O–H groups in total. The molecule has 7 nitrogen and oxygen atoms in total. The Morgan fingerprint density at radius 1 is 1.27 bits per heavy atom. The summed E-state index contributed by atoms with van der Waals surface area (Å²) in [7, 11) is 0. The third kappa shape index (κ3) is 6.01. The molecule has 126 valence electrons. The molecule has 1 aliphatic rings. The summed E-state index contributed by atoms with van der Waals surface area (Å²) in [5.41, 5.74) is 0. The molecule has 0 aromatic heterocycles. The fourth-order valence-corrected chi connectivity index (χ4v) is 2.60. The monoisotopic (exact) mass is 314 g/mol. The number of carbonyl (C=O) groups excluding carboxylic acids is 2. The van der Waals surface area contributed by atoms with Gasteiger partial charge in [-0.1, -0.05) is 26.2 Å². The van der Waals surface area contributed by atoms with E-state index >= 15 is 0 Å². The number of amides is 3. The number of aliphatic hydroxyl groups is 1. The zero-order valence-corrected chi connectivity index (χ0v) is 13.1. The van der Waals surface area contributed by atoms with Crippen molar-refractivity contribution in [2.24, 2.45) is 0 Å². The zero-order valence-electron chi connectivity index (χ0n) is 13.1. The second-order valence-electron chi connectivity index (χ2n) is 5.73. The first kappa shape index (κ1) is 18.4. The number of hydrogen-bond acceptors (Lipinski definition) is 4. The summed E-state index contributed by atoms with van der Waals surface area (Å²) >= 11 is 0. The van der Waals surface area contributed by atoms with E-state index in [2.05, 4.69) is 12.2 Å². The van der Waals surface area contributed by atoms with E-state index in [1.807, 2.05) is 0 Å². The number of carboxylic acids is 1. The van der Waals surface area contributed by atoms with Crippen molar-refractivity contribution in [2.45, 2.75) is 70.4 Å². The summed E-state index contributed by atoms with van der Waals surface area (Å²) in [6.45, 7) is 2.40. The molecular formula is C15H26N2O5. The van der Waals surface area contributed by atoms with E-state index < -0.39 is 24.1 Å². The maximum Gasteiger partial charge on any atom is 0.324 e. The third-order valence-corrected chi connectivity index (χ3v) is 3.88. The molecule has 0 saturated carbocycles. The van der Waals surface area contributed by atoms with E-state index in [1.54, 1.807) is 0 Å². The minimum atomic E-state index is -0.914. The van der Waals surface area contributed by atoms with Crippen LogP contribution >= 0.6 is 0 Å². The molecular weight excluding hydrogens is 288 g/mol. The van der Waals surface area contributed by atoms with Gasteiger partial charge in [-0.05, 0) is 25.7 Å². The van der Waals surface area contributed by atoms with Gasteiger partial charge in [0.25, 0.3) is 5.91 Å². The molecule has 1 heterocycles. The number of nitrogens with zero attached hydrogens (tertiary/aromatic N) is 1.